The Bertz CT molecular complexity index is 797. The van der Waals surface area contributed by atoms with Gasteiger partial charge in [0.1, 0.15) is 11.3 Å². The number of para-hydroxylation sites is 1. The maximum atomic E-state index is 6.36. The molecule has 3 nitrogen and oxygen atoms in total. The summed E-state index contributed by atoms with van der Waals surface area (Å²) in [6.07, 6.45) is 1.85. The van der Waals surface area contributed by atoms with Crippen molar-refractivity contribution in [3.63, 3.8) is 0 Å². The number of rotatable bonds is 2. The predicted octanol–water partition coefficient (Wildman–Crippen LogP) is 4.93. The fourth-order valence-electron chi connectivity index (χ4n) is 2.72. The number of benzene rings is 1. The van der Waals surface area contributed by atoms with Crippen LogP contribution in [0.25, 0.3) is 21.9 Å². The monoisotopic (exact) mass is 301 g/mol. The summed E-state index contributed by atoms with van der Waals surface area (Å²) in [4.78, 5) is 9.22. The van der Waals surface area contributed by atoms with Crippen LogP contribution >= 0.6 is 11.6 Å². The molecular weight excluding hydrogens is 282 g/mol. The number of hydrogen-bond acceptors (Lipinski definition) is 2. The predicted molar refractivity (Wildman–Crippen MR) is 88.8 cm³/mol. The molecule has 0 saturated heterocycles. The van der Waals surface area contributed by atoms with Crippen LogP contribution in [0.5, 0.6) is 0 Å². The Kier molecular flexibility index (Phi) is 3.40. The van der Waals surface area contributed by atoms with Gasteiger partial charge in [0.15, 0.2) is 0 Å². The molecule has 0 bridgehead atoms. The summed E-state index contributed by atoms with van der Waals surface area (Å²) in [5.41, 5.74) is 3.20. The first kappa shape index (κ1) is 14.3. The van der Waals surface area contributed by atoms with E-state index in [1.165, 1.54) is 0 Å². The fraction of sp³-hybridized carbons (Fsp3) is 0.412. The van der Waals surface area contributed by atoms with Crippen molar-refractivity contribution in [3.8, 4) is 0 Å². The van der Waals surface area contributed by atoms with Crippen molar-refractivity contribution in [1.29, 1.82) is 0 Å². The number of aromatic nitrogens is 3. The van der Waals surface area contributed by atoms with Gasteiger partial charge in [0.05, 0.1) is 22.6 Å². The van der Waals surface area contributed by atoms with E-state index in [0.717, 1.165) is 34.3 Å². The van der Waals surface area contributed by atoms with E-state index in [4.69, 9.17) is 16.6 Å². The molecule has 0 spiro atoms. The van der Waals surface area contributed by atoms with Crippen LogP contribution in [0.2, 0.25) is 0 Å². The van der Waals surface area contributed by atoms with Crippen molar-refractivity contribution < 1.29 is 0 Å². The lowest BCUT2D eigenvalue weighted by atomic mass is 9.96. The van der Waals surface area contributed by atoms with E-state index >= 15 is 0 Å². The van der Waals surface area contributed by atoms with Crippen molar-refractivity contribution in [2.24, 2.45) is 5.41 Å². The molecule has 0 fully saturated rings. The molecule has 1 aromatic carbocycles. The average Bonchev–Trinajstić information content (AvgIpc) is 2.76. The van der Waals surface area contributed by atoms with Crippen LogP contribution in [0, 0.1) is 5.41 Å². The van der Waals surface area contributed by atoms with Gasteiger partial charge in [0, 0.05) is 11.9 Å². The summed E-state index contributed by atoms with van der Waals surface area (Å²) in [6, 6.07) is 8.19. The number of fused-ring (bicyclic) bond motifs is 3. The van der Waals surface area contributed by atoms with Gasteiger partial charge < -0.3 is 4.57 Å². The Morgan fingerprint density at radius 1 is 1.19 bits per heavy atom. The number of nitrogens with zero attached hydrogens (tertiary/aromatic N) is 3. The highest BCUT2D eigenvalue weighted by atomic mass is 35.5. The van der Waals surface area contributed by atoms with Crippen molar-refractivity contribution in [2.75, 3.05) is 0 Å². The van der Waals surface area contributed by atoms with Gasteiger partial charge in [-0.3, -0.25) is 4.98 Å². The highest BCUT2D eigenvalue weighted by molar-refractivity contribution is 6.20. The van der Waals surface area contributed by atoms with Gasteiger partial charge in [-0.1, -0.05) is 39.0 Å². The molecule has 4 heteroatoms. The second-order valence-corrected chi connectivity index (χ2v) is 7.40. The van der Waals surface area contributed by atoms with Gasteiger partial charge in [0.2, 0.25) is 0 Å². The third kappa shape index (κ3) is 2.62. The van der Waals surface area contributed by atoms with Crippen molar-refractivity contribution in [2.45, 2.75) is 39.6 Å². The maximum absolute atomic E-state index is 6.36. The molecule has 0 aliphatic heterocycles. The molecule has 3 rings (SSSR count). The van der Waals surface area contributed by atoms with Crippen LogP contribution in [0.3, 0.4) is 0 Å². The van der Waals surface area contributed by atoms with Crippen LogP contribution in [0.1, 0.15) is 38.9 Å². The zero-order valence-corrected chi connectivity index (χ0v) is 13.6. The van der Waals surface area contributed by atoms with Gasteiger partial charge in [-0.25, -0.2) is 4.98 Å². The Hall–Kier alpha value is -1.61. The van der Waals surface area contributed by atoms with Crippen molar-refractivity contribution in [1.82, 2.24) is 14.5 Å². The largest absolute Gasteiger partial charge is 0.326 e. The second kappa shape index (κ2) is 4.99. The highest BCUT2D eigenvalue weighted by Crippen LogP contribution is 2.31. The van der Waals surface area contributed by atoms with Gasteiger partial charge in [-0.2, -0.15) is 0 Å². The van der Waals surface area contributed by atoms with Crippen molar-refractivity contribution in [3.05, 3.63) is 36.3 Å². The molecule has 0 N–H and O–H groups in total. The molecule has 0 radical (unpaired) electrons. The number of alkyl halides is 1. The summed E-state index contributed by atoms with van der Waals surface area (Å²) >= 11 is 6.36. The summed E-state index contributed by atoms with van der Waals surface area (Å²) in [7, 11) is 0. The quantitative estimate of drug-likeness (QED) is 0.628. The summed E-state index contributed by atoms with van der Waals surface area (Å²) in [5.74, 6) is 0.916. The minimum atomic E-state index is -0.126. The van der Waals surface area contributed by atoms with Crippen LogP contribution < -0.4 is 0 Å². The Morgan fingerprint density at radius 3 is 2.57 bits per heavy atom. The van der Waals surface area contributed by atoms with Gasteiger partial charge in [-0.15, -0.1) is 11.6 Å². The molecule has 0 saturated carbocycles. The highest BCUT2D eigenvalue weighted by Gasteiger charge is 2.21. The molecule has 1 atom stereocenters. The van der Waals surface area contributed by atoms with E-state index in [1.54, 1.807) is 0 Å². The maximum Gasteiger partial charge on any atom is 0.127 e. The normalized spacial score (nSPS) is 14.0. The fourth-order valence-corrected chi connectivity index (χ4v) is 2.88. The number of pyridine rings is 1. The minimum absolute atomic E-state index is 0.126. The first-order valence-corrected chi connectivity index (χ1v) is 7.68. The summed E-state index contributed by atoms with van der Waals surface area (Å²) in [5, 5.41) is 1.01. The molecule has 2 aromatic heterocycles. The molecule has 21 heavy (non-hydrogen) atoms. The van der Waals surface area contributed by atoms with Gasteiger partial charge in [-0.05, 0) is 18.4 Å². The standard InChI is InChI=1S/C17H20ClN3/c1-11(18)16-20-14-9-19-13-8-6-5-7-12(13)15(14)21(16)10-17(2,3)4/h5-9,11H,10H2,1-4H3. The van der Waals surface area contributed by atoms with E-state index in [9.17, 15) is 0 Å². The molecule has 1 unspecified atom stereocenters. The third-order valence-corrected chi connectivity index (χ3v) is 3.69. The van der Waals surface area contributed by atoms with Crippen molar-refractivity contribution >= 4 is 33.5 Å². The van der Waals surface area contributed by atoms with E-state index < -0.39 is 0 Å². The smallest absolute Gasteiger partial charge is 0.127 e. The van der Waals surface area contributed by atoms with Crippen LogP contribution in [-0.2, 0) is 6.54 Å². The minimum Gasteiger partial charge on any atom is -0.326 e. The number of imidazole rings is 1. The lowest BCUT2D eigenvalue weighted by Crippen LogP contribution is -2.17. The Labute approximate surface area is 130 Å². The molecule has 3 aromatic rings. The Morgan fingerprint density at radius 2 is 1.90 bits per heavy atom. The number of hydrogen-bond donors (Lipinski definition) is 0. The van der Waals surface area contributed by atoms with E-state index in [-0.39, 0.29) is 10.8 Å². The van der Waals surface area contributed by atoms with E-state index in [0.29, 0.717) is 0 Å². The summed E-state index contributed by atoms with van der Waals surface area (Å²) in [6.45, 7) is 9.53. The number of halogens is 1. The molecule has 0 amide bonds. The van der Waals surface area contributed by atoms with Crippen LogP contribution in [0.15, 0.2) is 30.5 Å². The average molecular weight is 302 g/mol. The molecule has 110 valence electrons. The van der Waals surface area contributed by atoms with Crippen LogP contribution in [0.4, 0.5) is 0 Å². The molecule has 2 heterocycles. The van der Waals surface area contributed by atoms with Gasteiger partial charge in [0.25, 0.3) is 0 Å². The molecule has 0 aliphatic rings. The second-order valence-electron chi connectivity index (χ2n) is 6.74. The topological polar surface area (TPSA) is 30.7 Å². The van der Waals surface area contributed by atoms with E-state index in [2.05, 4.69) is 36.4 Å². The van der Waals surface area contributed by atoms with E-state index in [1.807, 2.05) is 31.3 Å². The van der Waals surface area contributed by atoms with Crippen LogP contribution in [-0.4, -0.2) is 14.5 Å². The lowest BCUT2D eigenvalue weighted by molar-refractivity contribution is 0.343. The third-order valence-electron chi connectivity index (χ3n) is 3.50. The SMILES string of the molecule is CC(Cl)c1nc2cnc3ccccc3c2n1CC(C)(C)C. The van der Waals surface area contributed by atoms with Gasteiger partial charge >= 0.3 is 0 Å². The first-order chi connectivity index (χ1) is 9.87. The summed E-state index contributed by atoms with van der Waals surface area (Å²) < 4.78 is 2.26. The lowest BCUT2D eigenvalue weighted by Gasteiger charge is -2.22. The first-order valence-electron chi connectivity index (χ1n) is 7.25. The molecule has 0 aliphatic carbocycles. The molecular formula is C17H20ClN3. The Balaban J connectivity index is 2.38. The zero-order valence-electron chi connectivity index (χ0n) is 12.9. The zero-order chi connectivity index (χ0) is 15.2.